The van der Waals surface area contributed by atoms with E-state index in [9.17, 15) is 9.59 Å². The first-order valence-electron chi connectivity index (χ1n) is 6.22. The average Bonchev–Trinajstić information content (AvgIpc) is 2.97. The van der Waals surface area contributed by atoms with Crippen LogP contribution in [-0.4, -0.2) is 18.4 Å². The maximum absolute atomic E-state index is 11.7. The Morgan fingerprint density at radius 1 is 1.23 bits per heavy atom. The molecule has 1 aromatic carbocycles. The van der Waals surface area contributed by atoms with Gasteiger partial charge in [0.1, 0.15) is 0 Å². The van der Waals surface area contributed by atoms with Crippen molar-refractivity contribution < 1.29 is 14.3 Å². The van der Waals surface area contributed by atoms with Crippen LogP contribution in [0.25, 0.3) is 6.08 Å². The molecular weight excluding hydrogens is 322 g/mol. The summed E-state index contributed by atoms with van der Waals surface area (Å²) in [5.74, 6) is -0.905. The number of ether oxygens (including phenoxy) is 1. The molecule has 0 atom stereocenters. The highest BCUT2D eigenvalue weighted by Crippen LogP contribution is 2.21. The molecule has 0 aliphatic heterocycles. The molecule has 110 valence electrons. The summed E-state index contributed by atoms with van der Waals surface area (Å²) < 4.78 is 5.38. The van der Waals surface area contributed by atoms with Crippen molar-refractivity contribution in [3.8, 4) is 6.07 Å². The van der Waals surface area contributed by atoms with E-state index in [1.165, 1.54) is 6.08 Å². The van der Waals surface area contributed by atoms with Gasteiger partial charge in [0.05, 0.1) is 20.8 Å². The monoisotopic (exact) mass is 331 g/mol. The fraction of sp³-hybridized carbons (Fsp3) is 0.0625. The van der Waals surface area contributed by atoms with Gasteiger partial charge in [0, 0.05) is 6.08 Å². The van der Waals surface area contributed by atoms with Gasteiger partial charge < -0.3 is 4.74 Å². The number of ketones is 1. The van der Waals surface area contributed by atoms with Gasteiger partial charge in [-0.1, -0.05) is 23.7 Å². The van der Waals surface area contributed by atoms with Gasteiger partial charge >= 0.3 is 5.97 Å². The van der Waals surface area contributed by atoms with E-state index in [1.54, 1.807) is 42.5 Å². The van der Waals surface area contributed by atoms with Gasteiger partial charge in [-0.15, -0.1) is 11.3 Å². The molecule has 0 spiro atoms. The topological polar surface area (TPSA) is 67.2 Å². The van der Waals surface area contributed by atoms with Crippen LogP contribution in [0, 0.1) is 11.3 Å². The highest BCUT2D eigenvalue weighted by Gasteiger charge is 2.10. The van der Waals surface area contributed by atoms with E-state index >= 15 is 0 Å². The van der Waals surface area contributed by atoms with Crippen molar-refractivity contribution in [2.45, 2.75) is 0 Å². The van der Waals surface area contributed by atoms with Crippen molar-refractivity contribution in [2.75, 3.05) is 6.61 Å². The third-order valence-corrected chi connectivity index (χ3v) is 3.92. The van der Waals surface area contributed by atoms with Crippen molar-refractivity contribution in [3.05, 3.63) is 62.8 Å². The summed E-state index contributed by atoms with van der Waals surface area (Å²) in [7, 11) is 0. The third-order valence-electron chi connectivity index (χ3n) is 2.65. The summed E-state index contributed by atoms with van der Waals surface area (Å²) in [6.45, 7) is -0.326. The van der Waals surface area contributed by atoms with E-state index in [-0.39, 0.29) is 12.4 Å². The van der Waals surface area contributed by atoms with Crippen LogP contribution in [0.15, 0.2) is 42.5 Å². The number of hydrogen-bond donors (Lipinski definition) is 0. The number of carbonyl (C=O) groups excluding carboxylic acids is 2. The molecule has 0 N–H and O–H groups in total. The van der Waals surface area contributed by atoms with E-state index in [2.05, 4.69) is 0 Å². The first-order chi connectivity index (χ1) is 10.6. The number of halogens is 1. The lowest BCUT2D eigenvalue weighted by molar-refractivity contribution is -0.136. The summed E-state index contributed by atoms with van der Waals surface area (Å²) in [6, 6.07) is 11.9. The van der Waals surface area contributed by atoms with E-state index in [0.717, 1.165) is 16.9 Å². The van der Waals surface area contributed by atoms with Crippen molar-refractivity contribution in [1.82, 2.24) is 0 Å². The average molecular weight is 332 g/mol. The molecular formula is C16H10ClNO3S. The van der Waals surface area contributed by atoms with Crippen LogP contribution in [0.2, 0.25) is 4.34 Å². The molecule has 0 aliphatic carbocycles. The lowest BCUT2D eigenvalue weighted by Crippen LogP contribution is -2.11. The summed E-state index contributed by atoms with van der Waals surface area (Å²) in [6.07, 6.45) is 2.78. The van der Waals surface area contributed by atoms with E-state index in [0.29, 0.717) is 14.8 Å². The lowest BCUT2D eigenvalue weighted by Gasteiger charge is -1.99. The van der Waals surface area contributed by atoms with E-state index in [4.69, 9.17) is 21.6 Å². The van der Waals surface area contributed by atoms with Crippen molar-refractivity contribution in [1.29, 1.82) is 5.26 Å². The van der Waals surface area contributed by atoms with Gasteiger partial charge in [-0.2, -0.15) is 5.26 Å². The van der Waals surface area contributed by atoms with Gasteiger partial charge in [0.25, 0.3) is 0 Å². The Kier molecular flexibility index (Phi) is 5.48. The molecule has 2 aromatic rings. The normalized spacial score (nSPS) is 10.4. The second-order valence-electron chi connectivity index (χ2n) is 4.20. The molecule has 0 radical (unpaired) electrons. The van der Waals surface area contributed by atoms with Crippen LogP contribution in [0.4, 0.5) is 0 Å². The summed E-state index contributed by atoms with van der Waals surface area (Å²) in [5, 5.41) is 8.68. The molecule has 0 aliphatic rings. The molecule has 6 heteroatoms. The number of Topliss-reactive ketones (excluding diaryl/α,β-unsaturated/α-hetero) is 1. The van der Waals surface area contributed by atoms with Gasteiger partial charge in [0.2, 0.25) is 5.78 Å². The van der Waals surface area contributed by atoms with Crippen LogP contribution in [0.1, 0.15) is 20.8 Å². The second-order valence-corrected chi connectivity index (χ2v) is 5.92. The maximum Gasteiger partial charge on any atom is 0.331 e. The predicted molar refractivity (Wildman–Crippen MR) is 84.8 cm³/mol. The second kappa shape index (κ2) is 7.55. The third kappa shape index (κ3) is 4.55. The Labute approximate surface area is 136 Å². The fourth-order valence-electron chi connectivity index (χ4n) is 1.55. The van der Waals surface area contributed by atoms with Gasteiger partial charge in [-0.05, 0) is 35.9 Å². The molecule has 0 bridgehead atoms. The molecule has 0 unspecified atom stereocenters. The summed E-state index contributed by atoms with van der Waals surface area (Å²) >= 11 is 6.88. The summed E-state index contributed by atoms with van der Waals surface area (Å²) in [5.41, 5.74) is 1.30. The standard InChI is InChI=1S/C16H10ClNO3S/c17-15-7-6-14(22-15)13(19)10-21-16(20)8-5-11-1-3-12(9-18)4-2-11/h1-8H,10H2/b8-5+. The first kappa shape index (κ1) is 16.0. The molecule has 1 aromatic heterocycles. The molecule has 22 heavy (non-hydrogen) atoms. The Bertz CT molecular complexity index is 756. The van der Waals surface area contributed by atoms with Crippen LogP contribution < -0.4 is 0 Å². The number of carbonyl (C=O) groups is 2. The smallest absolute Gasteiger partial charge is 0.331 e. The SMILES string of the molecule is N#Cc1ccc(/C=C/C(=O)OCC(=O)c2ccc(Cl)s2)cc1. The minimum Gasteiger partial charge on any atom is -0.454 e. The van der Waals surface area contributed by atoms with E-state index < -0.39 is 5.97 Å². The minimum atomic E-state index is -0.611. The van der Waals surface area contributed by atoms with Crippen molar-refractivity contribution in [2.24, 2.45) is 0 Å². The summed E-state index contributed by atoms with van der Waals surface area (Å²) in [4.78, 5) is 23.7. The van der Waals surface area contributed by atoms with Gasteiger partial charge in [-0.25, -0.2) is 4.79 Å². The zero-order valence-corrected chi connectivity index (χ0v) is 12.9. The fourth-order valence-corrected chi connectivity index (χ4v) is 2.52. The van der Waals surface area contributed by atoms with Gasteiger partial charge in [-0.3, -0.25) is 4.79 Å². The molecule has 0 fully saturated rings. The largest absolute Gasteiger partial charge is 0.454 e. The quantitative estimate of drug-likeness (QED) is 0.476. The van der Waals surface area contributed by atoms with E-state index in [1.807, 2.05) is 6.07 Å². The van der Waals surface area contributed by atoms with Crippen LogP contribution in [-0.2, 0) is 9.53 Å². The Balaban J connectivity index is 1.86. The predicted octanol–water partition coefficient (Wildman–Crippen LogP) is 3.71. The lowest BCUT2D eigenvalue weighted by atomic mass is 10.1. The van der Waals surface area contributed by atoms with Crippen molar-refractivity contribution >= 4 is 40.8 Å². The molecule has 0 saturated carbocycles. The van der Waals surface area contributed by atoms with Crippen LogP contribution >= 0.6 is 22.9 Å². The highest BCUT2D eigenvalue weighted by molar-refractivity contribution is 7.18. The minimum absolute atomic E-state index is 0.294. The Hall–Kier alpha value is -2.42. The van der Waals surface area contributed by atoms with Crippen LogP contribution in [0.5, 0.6) is 0 Å². The number of benzene rings is 1. The number of hydrogen-bond acceptors (Lipinski definition) is 5. The molecule has 4 nitrogen and oxygen atoms in total. The number of rotatable bonds is 5. The number of esters is 1. The van der Waals surface area contributed by atoms with Gasteiger partial charge in [0.15, 0.2) is 6.61 Å². The van der Waals surface area contributed by atoms with Crippen LogP contribution in [0.3, 0.4) is 0 Å². The Morgan fingerprint density at radius 3 is 2.55 bits per heavy atom. The zero-order chi connectivity index (χ0) is 15.9. The molecule has 2 rings (SSSR count). The van der Waals surface area contributed by atoms with Crippen molar-refractivity contribution in [3.63, 3.8) is 0 Å². The maximum atomic E-state index is 11.7. The number of thiophene rings is 1. The number of nitrogens with zero attached hydrogens (tertiary/aromatic N) is 1. The highest BCUT2D eigenvalue weighted by atomic mass is 35.5. The molecule has 0 amide bonds. The first-order valence-corrected chi connectivity index (χ1v) is 7.41. The Morgan fingerprint density at radius 2 is 1.95 bits per heavy atom. The number of nitriles is 1. The zero-order valence-electron chi connectivity index (χ0n) is 11.3. The molecule has 1 heterocycles. The molecule has 0 saturated heterocycles.